The number of hydrogen-bond acceptors (Lipinski definition) is 7. The fourth-order valence-corrected chi connectivity index (χ4v) is 2.76. The van der Waals surface area contributed by atoms with Crippen LogP contribution in [-0.2, 0) is 20.9 Å². The quantitative estimate of drug-likeness (QED) is 0.745. The Morgan fingerprint density at radius 1 is 1.20 bits per heavy atom. The van der Waals surface area contributed by atoms with E-state index < -0.39 is 18.5 Å². The number of carbonyl (C=O) groups is 2. The number of methoxy groups -OCH3 is 2. The third kappa shape index (κ3) is 4.83. The van der Waals surface area contributed by atoms with Gasteiger partial charge in [0.1, 0.15) is 6.54 Å². The molecule has 1 amide bonds. The second-order valence-electron chi connectivity index (χ2n) is 5.01. The van der Waals surface area contributed by atoms with Gasteiger partial charge in [0.25, 0.3) is 5.91 Å². The SMILES string of the molecule is COc1ccc(NC(=O)COC(=O)Cn2c(C)csc2=O)cc1OC. The number of hydrogen-bond donors (Lipinski definition) is 1. The summed E-state index contributed by atoms with van der Waals surface area (Å²) in [7, 11) is 3.00. The van der Waals surface area contributed by atoms with E-state index in [1.807, 2.05) is 0 Å². The number of nitrogens with one attached hydrogen (secondary N) is 1. The zero-order valence-electron chi connectivity index (χ0n) is 14.0. The number of ether oxygens (including phenoxy) is 3. The van der Waals surface area contributed by atoms with Crippen molar-refractivity contribution in [1.82, 2.24) is 4.57 Å². The van der Waals surface area contributed by atoms with Crippen LogP contribution in [0.3, 0.4) is 0 Å². The molecular formula is C16H18N2O6S. The maximum atomic E-state index is 11.9. The number of esters is 1. The molecule has 8 nitrogen and oxygen atoms in total. The lowest BCUT2D eigenvalue weighted by molar-refractivity contribution is -0.147. The van der Waals surface area contributed by atoms with E-state index in [9.17, 15) is 14.4 Å². The smallest absolute Gasteiger partial charge is 0.326 e. The maximum absolute atomic E-state index is 11.9. The molecule has 1 aromatic heterocycles. The molecular weight excluding hydrogens is 348 g/mol. The molecule has 0 bridgehead atoms. The summed E-state index contributed by atoms with van der Waals surface area (Å²) >= 11 is 1.00. The highest BCUT2D eigenvalue weighted by Gasteiger charge is 2.12. The molecule has 25 heavy (non-hydrogen) atoms. The first-order valence-electron chi connectivity index (χ1n) is 7.27. The van der Waals surface area contributed by atoms with E-state index in [1.54, 1.807) is 30.5 Å². The highest BCUT2D eigenvalue weighted by atomic mass is 32.1. The third-order valence-electron chi connectivity index (χ3n) is 3.30. The fourth-order valence-electron chi connectivity index (χ4n) is 2.03. The predicted molar refractivity (Wildman–Crippen MR) is 92.5 cm³/mol. The number of anilines is 1. The molecule has 134 valence electrons. The predicted octanol–water partition coefficient (Wildman–Crippen LogP) is 1.42. The van der Waals surface area contributed by atoms with Crippen LogP contribution in [0.2, 0.25) is 0 Å². The first kappa shape index (κ1) is 18.5. The monoisotopic (exact) mass is 366 g/mol. The minimum atomic E-state index is -0.661. The molecule has 0 unspecified atom stereocenters. The molecule has 1 heterocycles. The first-order chi connectivity index (χ1) is 11.9. The number of rotatable bonds is 7. The summed E-state index contributed by atoms with van der Waals surface area (Å²) in [6.07, 6.45) is 0. The molecule has 0 saturated carbocycles. The van der Waals surface area contributed by atoms with Crippen LogP contribution < -0.4 is 19.7 Å². The number of aryl methyl sites for hydroxylation is 1. The van der Waals surface area contributed by atoms with Crippen molar-refractivity contribution < 1.29 is 23.8 Å². The van der Waals surface area contributed by atoms with Gasteiger partial charge in [-0.15, -0.1) is 0 Å². The lowest BCUT2D eigenvalue weighted by atomic mass is 10.2. The fraction of sp³-hybridized carbons (Fsp3) is 0.312. The van der Waals surface area contributed by atoms with Gasteiger partial charge in [-0.25, -0.2) is 0 Å². The summed E-state index contributed by atoms with van der Waals surface area (Å²) in [5.41, 5.74) is 1.14. The van der Waals surface area contributed by atoms with Crippen molar-refractivity contribution in [2.24, 2.45) is 0 Å². The molecule has 0 radical (unpaired) electrons. The molecule has 0 aliphatic rings. The number of nitrogens with zero attached hydrogens (tertiary/aromatic N) is 1. The Kier molecular flexibility index (Phi) is 6.18. The van der Waals surface area contributed by atoms with Crippen molar-refractivity contribution in [3.63, 3.8) is 0 Å². The third-order valence-corrected chi connectivity index (χ3v) is 4.18. The maximum Gasteiger partial charge on any atom is 0.326 e. The second kappa shape index (κ2) is 8.34. The van der Waals surface area contributed by atoms with Crippen LogP contribution >= 0.6 is 11.3 Å². The summed E-state index contributed by atoms with van der Waals surface area (Å²) in [5, 5.41) is 4.24. The average molecular weight is 366 g/mol. The van der Waals surface area contributed by atoms with Crippen LogP contribution in [0.4, 0.5) is 5.69 Å². The summed E-state index contributed by atoms with van der Waals surface area (Å²) < 4.78 is 16.4. The minimum absolute atomic E-state index is 0.224. The normalized spacial score (nSPS) is 10.2. The molecule has 0 aliphatic heterocycles. The van der Waals surface area contributed by atoms with E-state index in [4.69, 9.17) is 14.2 Å². The zero-order valence-corrected chi connectivity index (χ0v) is 14.8. The van der Waals surface area contributed by atoms with E-state index in [2.05, 4.69) is 5.32 Å². The number of amides is 1. The lowest BCUT2D eigenvalue weighted by Gasteiger charge is -2.11. The molecule has 0 saturated heterocycles. The van der Waals surface area contributed by atoms with Gasteiger partial charge in [0.05, 0.1) is 14.2 Å². The van der Waals surface area contributed by atoms with Gasteiger partial charge in [-0.1, -0.05) is 11.3 Å². The number of thiazole rings is 1. The van der Waals surface area contributed by atoms with Crippen molar-refractivity contribution in [3.8, 4) is 11.5 Å². The van der Waals surface area contributed by atoms with Crippen molar-refractivity contribution in [2.45, 2.75) is 13.5 Å². The Balaban J connectivity index is 1.88. The molecule has 0 fully saturated rings. The number of benzene rings is 1. The standard InChI is InChI=1S/C16H18N2O6S/c1-10-9-25-16(21)18(10)7-15(20)24-8-14(19)17-11-4-5-12(22-2)13(6-11)23-3/h4-6,9H,7-8H2,1-3H3,(H,17,19). The molecule has 2 aromatic rings. The van der Waals surface area contributed by atoms with Crippen LogP contribution in [0.5, 0.6) is 11.5 Å². The molecule has 0 atom stereocenters. The Morgan fingerprint density at radius 3 is 2.52 bits per heavy atom. The summed E-state index contributed by atoms with van der Waals surface area (Å²) in [5.74, 6) is -0.172. The Labute approximate surface area is 147 Å². The van der Waals surface area contributed by atoms with Crippen LogP contribution in [0, 0.1) is 6.92 Å². The average Bonchev–Trinajstić information content (AvgIpc) is 2.91. The minimum Gasteiger partial charge on any atom is -0.493 e. The van der Waals surface area contributed by atoms with E-state index >= 15 is 0 Å². The van der Waals surface area contributed by atoms with Gasteiger partial charge in [-0.2, -0.15) is 0 Å². The van der Waals surface area contributed by atoms with Crippen molar-refractivity contribution in [2.75, 3.05) is 26.1 Å². The number of aromatic nitrogens is 1. The van der Waals surface area contributed by atoms with Gasteiger partial charge >= 0.3 is 10.8 Å². The van der Waals surface area contributed by atoms with Crippen molar-refractivity contribution in [1.29, 1.82) is 0 Å². The Morgan fingerprint density at radius 2 is 1.92 bits per heavy atom. The summed E-state index contributed by atoms with van der Waals surface area (Å²) in [4.78, 5) is 34.9. The van der Waals surface area contributed by atoms with Crippen LogP contribution in [0.15, 0.2) is 28.4 Å². The van der Waals surface area contributed by atoms with Crippen molar-refractivity contribution in [3.05, 3.63) is 38.9 Å². The van der Waals surface area contributed by atoms with Gasteiger partial charge in [-0.05, 0) is 19.1 Å². The first-order valence-corrected chi connectivity index (χ1v) is 8.15. The van der Waals surface area contributed by atoms with Gasteiger partial charge in [0.2, 0.25) is 0 Å². The van der Waals surface area contributed by atoms with Gasteiger partial charge in [-0.3, -0.25) is 19.0 Å². The van der Waals surface area contributed by atoms with Crippen molar-refractivity contribution >= 4 is 28.9 Å². The van der Waals surface area contributed by atoms with E-state index in [0.29, 0.717) is 22.9 Å². The Hall–Kier alpha value is -2.81. The van der Waals surface area contributed by atoms with Crippen LogP contribution in [0.1, 0.15) is 5.69 Å². The van der Waals surface area contributed by atoms with Crippen LogP contribution in [-0.4, -0.2) is 37.3 Å². The highest BCUT2D eigenvalue weighted by molar-refractivity contribution is 7.07. The van der Waals surface area contributed by atoms with Gasteiger partial charge in [0, 0.05) is 22.8 Å². The molecule has 1 aromatic carbocycles. The topological polar surface area (TPSA) is 95.9 Å². The Bertz CT molecular complexity index is 826. The van der Waals surface area contributed by atoms with E-state index in [1.165, 1.54) is 18.8 Å². The summed E-state index contributed by atoms with van der Waals surface area (Å²) in [6, 6.07) is 4.87. The molecule has 0 aliphatic carbocycles. The largest absolute Gasteiger partial charge is 0.493 e. The molecule has 2 rings (SSSR count). The highest BCUT2D eigenvalue weighted by Crippen LogP contribution is 2.29. The lowest BCUT2D eigenvalue weighted by Crippen LogP contribution is -2.26. The van der Waals surface area contributed by atoms with E-state index in [0.717, 1.165) is 11.3 Å². The van der Waals surface area contributed by atoms with Gasteiger partial charge < -0.3 is 19.5 Å². The molecule has 1 N–H and O–H groups in total. The second-order valence-corrected chi connectivity index (χ2v) is 5.83. The number of carbonyl (C=O) groups excluding carboxylic acids is 2. The molecule has 0 spiro atoms. The van der Waals surface area contributed by atoms with Crippen LogP contribution in [0.25, 0.3) is 0 Å². The zero-order chi connectivity index (χ0) is 18.4. The van der Waals surface area contributed by atoms with E-state index in [-0.39, 0.29) is 11.4 Å². The van der Waals surface area contributed by atoms with Gasteiger partial charge in [0.15, 0.2) is 18.1 Å². The summed E-state index contributed by atoms with van der Waals surface area (Å²) in [6.45, 7) is 1.04. The molecule has 9 heteroatoms.